The second kappa shape index (κ2) is 6.09. The molecule has 0 fully saturated rings. The average molecular weight is 170 g/mol. The van der Waals surface area contributed by atoms with E-state index >= 15 is 0 Å². The zero-order valence-corrected chi connectivity index (χ0v) is 6.69. The molecule has 0 aliphatic rings. The molecule has 0 aliphatic heterocycles. The standard InChI is InChI=1S/C7H9N.NO3/c1-2-7-3-5-8-6-4-7;2-1(3)4/h3-6H,2H2,1H3;/q;-1/p+1. The van der Waals surface area contributed by atoms with E-state index in [1.165, 1.54) is 5.56 Å². The van der Waals surface area contributed by atoms with Crippen molar-refractivity contribution in [3.05, 3.63) is 45.4 Å². The lowest BCUT2D eigenvalue weighted by Crippen LogP contribution is -1.97. The first-order chi connectivity index (χ1) is 5.66. The summed E-state index contributed by atoms with van der Waals surface area (Å²) in [6.07, 6.45) is 5.01. The molecule has 12 heavy (non-hydrogen) atoms. The number of hydrogen-bond acceptors (Lipinski definition) is 3. The number of nitrogens with one attached hydrogen (secondary N) is 1. The lowest BCUT2D eigenvalue weighted by Gasteiger charge is -1.85. The molecule has 0 radical (unpaired) electrons. The number of aromatic amines is 1. The molecule has 1 heterocycles. The van der Waals surface area contributed by atoms with Gasteiger partial charge >= 0.3 is 0 Å². The van der Waals surface area contributed by atoms with Crippen LogP contribution in [-0.4, -0.2) is 5.09 Å². The topological polar surface area (TPSA) is 80.3 Å². The van der Waals surface area contributed by atoms with Crippen LogP contribution >= 0.6 is 0 Å². The van der Waals surface area contributed by atoms with Gasteiger partial charge in [-0.2, -0.15) is 0 Å². The number of aromatic nitrogens is 1. The summed E-state index contributed by atoms with van der Waals surface area (Å²) < 4.78 is 0. The molecular formula is C7H10N2O3. The minimum atomic E-state index is -1.75. The maximum Gasteiger partial charge on any atom is 0.167 e. The fourth-order valence-electron chi connectivity index (χ4n) is 0.657. The molecule has 0 bridgehead atoms. The maximum atomic E-state index is 8.25. The zero-order valence-electron chi connectivity index (χ0n) is 6.69. The fourth-order valence-corrected chi connectivity index (χ4v) is 0.657. The molecular weight excluding hydrogens is 160 g/mol. The molecule has 0 spiro atoms. The van der Waals surface area contributed by atoms with Gasteiger partial charge in [-0.25, -0.2) is 4.98 Å². The lowest BCUT2D eigenvalue weighted by molar-refractivity contribution is -0.402. The molecule has 0 saturated heterocycles. The van der Waals surface area contributed by atoms with Gasteiger partial charge in [-0.05, 0) is 12.0 Å². The molecule has 1 N–H and O–H groups in total. The van der Waals surface area contributed by atoms with Crippen LogP contribution in [0.3, 0.4) is 0 Å². The highest BCUT2D eigenvalue weighted by Gasteiger charge is 1.84. The first-order valence-corrected chi connectivity index (χ1v) is 3.43. The Hall–Kier alpha value is -1.65. The van der Waals surface area contributed by atoms with Gasteiger partial charge in [0.15, 0.2) is 12.4 Å². The predicted molar refractivity (Wildman–Crippen MR) is 42.7 cm³/mol. The van der Waals surface area contributed by atoms with Crippen LogP contribution in [0.2, 0.25) is 0 Å². The van der Waals surface area contributed by atoms with Crippen LogP contribution in [0.15, 0.2) is 24.5 Å². The van der Waals surface area contributed by atoms with Gasteiger partial charge in [0.25, 0.3) is 0 Å². The summed E-state index contributed by atoms with van der Waals surface area (Å²) in [6, 6.07) is 4.17. The molecule has 0 aliphatic carbocycles. The monoisotopic (exact) mass is 170 g/mol. The number of nitrogens with zero attached hydrogens (tertiary/aromatic N) is 1. The van der Waals surface area contributed by atoms with Crippen molar-refractivity contribution in [2.75, 3.05) is 0 Å². The molecule has 0 unspecified atom stereocenters. The summed E-state index contributed by atoms with van der Waals surface area (Å²) in [5.74, 6) is 0. The van der Waals surface area contributed by atoms with E-state index in [0.717, 1.165) is 6.42 Å². The molecule has 1 aromatic rings. The van der Waals surface area contributed by atoms with Gasteiger partial charge in [-0.15, -0.1) is 0 Å². The Morgan fingerprint density at radius 2 is 1.83 bits per heavy atom. The first kappa shape index (κ1) is 10.3. The first-order valence-electron chi connectivity index (χ1n) is 3.43. The van der Waals surface area contributed by atoms with Crippen molar-refractivity contribution >= 4 is 0 Å². The third kappa shape index (κ3) is 6.47. The molecule has 0 aromatic carbocycles. The van der Waals surface area contributed by atoms with Crippen molar-refractivity contribution in [2.24, 2.45) is 0 Å². The predicted octanol–water partition coefficient (Wildman–Crippen LogP) is 0.824. The maximum absolute atomic E-state index is 8.25. The second-order valence-electron chi connectivity index (χ2n) is 1.99. The van der Waals surface area contributed by atoms with Crippen LogP contribution in [0.25, 0.3) is 0 Å². The number of pyridine rings is 1. The average Bonchev–Trinajstić information content (AvgIpc) is 2.05. The van der Waals surface area contributed by atoms with Crippen LogP contribution in [0.5, 0.6) is 0 Å². The molecule has 1 aromatic heterocycles. The van der Waals surface area contributed by atoms with Crippen LogP contribution in [0.1, 0.15) is 12.5 Å². The number of rotatable bonds is 1. The quantitative estimate of drug-likeness (QED) is 0.462. The fraction of sp³-hybridized carbons (Fsp3) is 0.286. The number of aryl methyl sites for hydroxylation is 1. The molecule has 0 atom stereocenters. The van der Waals surface area contributed by atoms with Crippen molar-refractivity contribution in [1.82, 2.24) is 0 Å². The zero-order chi connectivity index (χ0) is 9.40. The van der Waals surface area contributed by atoms with Gasteiger partial charge in [-0.3, -0.25) is 0 Å². The van der Waals surface area contributed by atoms with Crippen LogP contribution in [-0.2, 0) is 6.42 Å². The van der Waals surface area contributed by atoms with Gasteiger partial charge in [0.2, 0.25) is 0 Å². The molecule has 5 nitrogen and oxygen atoms in total. The number of hydrogen-bond donors (Lipinski definition) is 0. The summed E-state index contributed by atoms with van der Waals surface area (Å²) in [6.45, 7) is 2.15. The van der Waals surface area contributed by atoms with E-state index in [1.807, 2.05) is 12.4 Å². The molecule has 66 valence electrons. The molecule has 0 saturated carbocycles. The van der Waals surface area contributed by atoms with E-state index in [9.17, 15) is 0 Å². The Kier molecular flexibility index (Phi) is 5.25. The summed E-state index contributed by atoms with van der Waals surface area (Å²) in [4.78, 5) is 11.2. The van der Waals surface area contributed by atoms with Crippen molar-refractivity contribution in [3.8, 4) is 0 Å². The summed E-state index contributed by atoms with van der Waals surface area (Å²) >= 11 is 0. The van der Waals surface area contributed by atoms with Gasteiger partial charge in [0.1, 0.15) is 0 Å². The Morgan fingerprint density at radius 3 is 2.08 bits per heavy atom. The SMILES string of the molecule is CCc1cc[nH+]cc1.O=[N+]([O-])[O-]. The Bertz CT molecular complexity index is 221. The minimum absolute atomic E-state index is 1.12. The highest BCUT2D eigenvalue weighted by atomic mass is 16.9. The van der Waals surface area contributed by atoms with Crippen molar-refractivity contribution in [2.45, 2.75) is 13.3 Å². The summed E-state index contributed by atoms with van der Waals surface area (Å²) in [5, 5.41) is 14.8. The van der Waals surface area contributed by atoms with E-state index in [4.69, 9.17) is 15.3 Å². The van der Waals surface area contributed by atoms with E-state index in [0.29, 0.717) is 0 Å². The normalized spacial score (nSPS) is 8.08. The van der Waals surface area contributed by atoms with E-state index in [-0.39, 0.29) is 0 Å². The smallest absolute Gasteiger partial charge is 0.167 e. The largest absolute Gasteiger partial charge is 0.356 e. The second-order valence-corrected chi connectivity index (χ2v) is 1.99. The lowest BCUT2D eigenvalue weighted by atomic mass is 10.2. The highest BCUT2D eigenvalue weighted by molar-refractivity contribution is 5.05. The van der Waals surface area contributed by atoms with Crippen LogP contribution in [0.4, 0.5) is 0 Å². The third-order valence-corrected chi connectivity index (χ3v) is 1.20. The third-order valence-electron chi connectivity index (χ3n) is 1.20. The van der Waals surface area contributed by atoms with Crippen LogP contribution < -0.4 is 4.98 Å². The molecule has 0 amide bonds. The number of H-pyrrole nitrogens is 1. The van der Waals surface area contributed by atoms with Gasteiger partial charge < -0.3 is 15.3 Å². The van der Waals surface area contributed by atoms with Crippen molar-refractivity contribution in [1.29, 1.82) is 0 Å². The van der Waals surface area contributed by atoms with Gasteiger partial charge in [-0.1, -0.05) is 6.92 Å². The summed E-state index contributed by atoms with van der Waals surface area (Å²) in [5.41, 5.74) is 1.38. The van der Waals surface area contributed by atoms with Gasteiger partial charge in [0.05, 0.1) is 5.09 Å². The molecule has 5 heteroatoms. The van der Waals surface area contributed by atoms with E-state index in [2.05, 4.69) is 24.0 Å². The van der Waals surface area contributed by atoms with Crippen molar-refractivity contribution in [3.63, 3.8) is 0 Å². The summed E-state index contributed by atoms with van der Waals surface area (Å²) in [7, 11) is 0. The van der Waals surface area contributed by atoms with E-state index < -0.39 is 5.09 Å². The Balaban J connectivity index is 0.000000261. The highest BCUT2D eigenvalue weighted by Crippen LogP contribution is 1.92. The minimum Gasteiger partial charge on any atom is -0.356 e. The van der Waals surface area contributed by atoms with Gasteiger partial charge in [0, 0.05) is 12.1 Å². The van der Waals surface area contributed by atoms with Crippen LogP contribution in [0, 0.1) is 15.3 Å². The molecule has 1 rings (SSSR count). The Morgan fingerprint density at radius 1 is 1.42 bits per heavy atom. The van der Waals surface area contributed by atoms with E-state index in [1.54, 1.807) is 0 Å². The Labute approximate surface area is 69.8 Å². The van der Waals surface area contributed by atoms with Crippen molar-refractivity contribution < 1.29 is 10.1 Å².